The molecule has 0 aromatic carbocycles. The molecule has 0 aliphatic heterocycles. The zero-order valence-corrected chi connectivity index (χ0v) is 53.1. The number of ether oxygens (including phenoxy) is 3. The summed E-state index contributed by atoms with van der Waals surface area (Å²) in [6.45, 7) is 6.55. The Morgan fingerprint density at radius 2 is 0.487 bits per heavy atom. The molecule has 0 saturated carbocycles. The van der Waals surface area contributed by atoms with Crippen molar-refractivity contribution in [2.75, 3.05) is 13.2 Å². The van der Waals surface area contributed by atoms with Crippen LogP contribution in [0.1, 0.15) is 348 Å². The first-order valence-electron chi connectivity index (χ1n) is 34.6. The van der Waals surface area contributed by atoms with E-state index >= 15 is 0 Å². The molecule has 0 aliphatic rings. The monoisotopic (exact) mass is 1110 g/mol. The van der Waals surface area contributed by atoms with Crippen molar-refractivity contribution in [1.29, 1.82) is 0 Å². The van der Waals surface area contributed by atoms with Gasteiger partial charge in [-0.1, -0.05) is 298 Å². The van der Waals surface area contributed by atoms with E-state index in [1.165, 1.54) is 199 Å². The summed E-state index contributed by atoms with van der Waals surface area (Å²) in [6.07, 6.45) is 90.2. The molecule has 0 fully saturated rings. The Morgan fingerprint density at radius 1 is 0.263 bits per heavy atom. The molecule has 462 valence electrons. The summed E-state index contributed by atoms with van der Waals surface area (Å²) in [5.74, 6) is -0.892. The number of carbonyl (C=O) groups is 3. The fourth-order valence-electron chi connectivity index (χ4n) is 9.93. The number of hydrogen-bond acceptors (Lipinski definition) is 6. The first kappa shape index (κ1) is 76.6. The van der Waals surface area contributed by atoms with E-state index in [9.17, 15) is 14.4 Å². The highest BCUT2D eigenvalue weighted by Gasteiger charge is 2.19. The maximum Gasteiger partial charge on any atom is 0.306 e. The van der Waals surface area contributed by atoms with Crippen molar-refractivity contribution in [1.82, 2.24) is 0 Å². The summed E-state index contributed by atoms with van der Waals surface area (Å²) < 4.78 is 17.0. The van der Waals surface area contributed by atoms with Gasteiger partial charge in [-0.3, -0.25) is 14.4 Å². The quantitative estimate of drug-likeness (QED) is 0.0261. The number of hydrogen-bond donors (Lipinski definition) is 0. The number of unbranched alkanes of at least 4 members (excludes halogenated alkanes) is 38. The zero-order valence-electron chi connectivity index (χ0n) is 53.1. The topological polar surface area (TPSA) is 78.9 Å². The standard InChI is InChI=1S/C74H130O6/c1-4-7-10-13-16-19-22-25-28-31-34-36-37-39-40-43-46-49-52-55-58-61-64-67-73(76)79-70-71(69-78-72(75)66-63-60-57-54-51-48-45-42-33-30-27-24-21-18-15-12-9-6-3)80-74(77)68-65-62-59-56-53-50-47-44-41-38-35-32-29-26-23-20-17-14-11-8-5-2/h8,11,17,20,26,29-31,33-35,38,44,47,71H,4-7,9-10,12-16,18-19,21-25,27-28,32,36-37,39-43,45-46,48-70H2,1-3H3/b11-8-,20-17-,29-26-,33-30-,34-31-,38-35-,47-44-. The van der Waals surface area contributed by atoms with Crippen LogP contribution in [0.2, 0.25) is 0 Å². The predicted octanol–water partition coefficient (Wildman–Crippen LogP) is 23.8. The van der Waals surface area contributed by atoms with Gasteiger partial charge in [-0.15, -0.1) is 0 Å². The van der Waals surface area contributed by atoms with Crippen LogP contribution in [0.25, 0.3) is 0 Å². The molecule has 80 heavy (non-hydrogen) atoms. The molecule has 0 aliphatic carbocycles. The van der Waals surface area contributed by atoms with Gasteiger partial charge in [0.05, 0.1) is 0 Å². The van der Waals surface area contributed by atoms with Gasteiger partial charge in [-0.05, 0) is 116 Å². The molecular formula is C74H130O6. The third-order valence-corrected chi connectivity index (χ3v) is 15.1. The largest absolute Gasteiger partial charge is 0.462 e. The van der Waals surface area contributed by atoms with E-state index in [2.05, 4.69) is 106 Å². The highest BCUT2D eigenvalue weighted by Crippen LogP contribution is 2.17. The van der Waals surface area contributed by atoms with Crippen LogP contribution in [-0.2, 0) is 28.6 Å². The molecule has 0 saturated heterocycles. The van der Waals surface area contributed by atoms with Crippen LogP contribution in [-0.4, -0.2) is 37.2 Å². The number of rotatable bonds is 63. The number of carbonyl (C=O) groups excluding carboxylic acids is 3. The fourth-order valence-corrected chi connectivity index (χ4v) is 9.93. The summed E-state index contributed by atoms with van der Waals surface area (Å²) in [5.41, 5.74) is 0. The lowest BCUT2D eigenvalue weighted by molar-refractivity contribution is -0.167. The second-order valence-corrected chi connectivity index (χ2v) is 23.1. The molecule has 1 atom stereocenters. The Kier molecular flexibility index (Phi) is 65.2. The molecule has 6 nitrogen and oxygen atoms in total. The van der Waals surface area contributed by atoms with Gasteiger partial charge >= 0.3 is 17.9 Å². The van der Waals surface area contributed by atoms with Crippen molar-refractivity contribution in [3.8, 4) is 0 Å². The molecule has 0 aromatic heterocycles. The van der Waals surface area contributed by atoms with Crippen LogP contribution >= 0.6 is 0 Å². The Hall–Kier alpha value is -3.41. The van der Waals surface area contributed by atoms with Crippen LogP contribution < -0.4 is 0 Å². The summed E-state index contributed by atoms with van der Waals surface area (Å²) in [7, 11) is 0. The molecule has 1 unspecified atom stereocenters. The van der Waals surface area contributed by atoms with Crippen LogP contribution in [0.15, 0.2) is 85.1 Å². The molecule has 0 bridgehead atoms. The number of allylic oxidation sites excluding steroid dienone is 14. The molecule has 0 N–H and O–H groups in total. The van der Waals surface area contributed by atoms with Crippen molar-refractivity contribution in [2.45, 2.75) is 354 Å². The minimum atomic E-state index is -0.791. The first-order valence-corrected chi connectivity index (χ1v) is 34.6. The Balaban J connectivity index is 4.39. The SMILES string of the molecule is CC/C=C\C/C=C\C/C=C\C/C=C\C/C=C\CCCCCCCC(=O)OC(COC(=O)CCCCCCCCC/C=C\CCCCCCCCC)COC(=O)CCCCCCCCCCCCC/C=C\CCCCCCCCCC. The molecule has 0 heterocycles. The first-order chi connectivity index (χ1) is 39.5. The van der Waals surface area contributed by atoms with Crippen molar-refractivity contribution >= 4 is 17.9 Å². The van der Waals surface area contributed by atoms with Crippen molar-refractivity contribution < 1.29 is 28.6 Å². The molecule has 0 radical (unpaired) electrons. The van der Waals surface area contributed by atoms with Gasteiger partial charge in [0.1, 0.15) is 13.2 Å². The van der Waals surface area contributed by atoms with E-state index in [-0.39, 0.29) is 31.1 Å². The van der Waals surface area contributed by atoms with Gasteiger partial charge in [0.25, 0.3) is 0 Å². The Morgan fingerprint density at radius 3 is 0.775 bits per heavy atom. The maximum atomic E-state index is 12.9. The lowest BCUT2D eigenvalue weighted by atomic mass is 10.0. The highest BCUT2D eigenvalue weighted by atomic mass is 16.6. The van der Waals surface area contributed by atoms with Crippen molar-refractivity contribution in [3.63, 3.8) is 0 Å². The van der Waals surface area contributed by atoms with Crippen LogP contribution in [0, 0.1) is 0 Å². The van der Waals surface area contributed by atoms with Gasteiger partial charge in [0, 0.05) is 19.3 Å². The smallest absolute Gasteiger partial charge is 0.306 e. The Labute approximate surface area is 496 Å². The molecule has 0 spiro atoms. The normalized spacial score (nSPS) is 12.6. The molecular weight excluding hydrogens is 985 g/mol. The summed E-state index contributed by atoms with van der Waals surface area (Å²) in [5, 5.41) is 0. The molecule has 6 heteroatoms. The van der Waals surface area contributed by atoms with Gasteiger partial charge < -0.3 is 14.2 Å². The van der Waals surface area contributed by atoms with Gasteiger partial charge in [0.2, 0.25) is 0 Å². The lowest BCUT2D eigenvalue weighted by Gasteiger charge is -2.18. The van der Waals surface area contributed by atoms with E-state index in [4.69, 9.17) is 14.2 Å². The maximum absolute atomic E-state index is 12.9. The average Bonchev–Trinajstić information content (AvgIpc) is 3.46. The molecule has 0 amide bonds. The van der Waals surface area contributed by atoms with Crippen molar-refractivity contribution in [2.24, 2.45) is 0 Å². The molecule has 0 rings (SSSR count). The average molecular weight is 1120 g/mol. The lowest BCUT2D eigenvalue weighted by Crippen LogP contribution is -2.30. The van der Waals surface area contributed by atoms with Gasteiger partial charge in [-0.25, -0.2) is 0 Å². The summed E-state index contributed by atoms with van der Waals surface area (Å²) in [4.78, 5) is 38.5. The molecule has 0 aromatic rings. The van der Waals surface area contributed by atoms with Gasteiger partial charge in [-0.2, -0.15) is 0 Å². The second-order valence-electron chi connectivity index (χ2n) is 23.1. The van der Waals surface area contributed by atoms with E-state index in [0.717, 1.165) is 109 Å². The summed E-state index contributed by atoms with van der Waals surface area (Å²) >= 11 is 0. The number of esters is 3. The third kappa shape index (κ3) is 65.4. The van der Waals surface area contributed by atoms with Crippen LogP contribution in [0.4, 0.5) is 0 Å². The minimum Gasteiger partial charge on any atom is -0.462 e. The van der Waals surface area contributed by atoms with E-state index in [0.29, 0.717) is 19.3 Å². The van der Waals surface area contributed by atoms with E-state index in [1.54, 1.807) is 0 Å². The van der Waals surface area contributed by atoms with Crippen LogP contribution in [0.5, 0.6) is 0 Å². The van der Waals surface area contributed by atoms with E-state index in [1.807, 2.05) is 0 Å². The highest BCUT2D eigenvalue weighted by molar-refractivity contribution is 5.71. The second kappa shape index (κ2) is 68.1. The zero-order chi connectivity index (χ0) is 57.8. The minimum absolute atomic E-state index is 0.0846. The Bertz CT molecular complexity index is 1520. The summed E-state index contributed by atoms with van der Waals surface area (Å²) in [6, 6.07) is 0. The fraction of sp³-hybridized carbons (Fsp3) is 0.770. The van der Waals surface area contributed by atoms with E-state index < -0.39 is 6.10 Å². The van der Waals surface area contributed by atoms with Gasteiger partial charge in [0.15, 0.2) is 6.10 Å². The third-order valence-electron chi connectivity index (χ3n) is 15.1. The predicted molar refractivity (Wildman–Crippen MR) is 348 cm³/mol. The van der Waals surface area contributed by atoms with Crippen molar-refractivity contribution in [3.05, 3.63) is 85.1 Å². The van der Waals surface area contributed by atoms with Crippen LogP contribution in [0.3, 0.4) is 0 Å².